The molecule has 2 N–H and O–H groups in total. The largest absolute Gasteiger partial charge is 0.313 e. The third-order valence-electron chi connectivity index (χ3n) is 3.49. The van der Waals surface area contributed by atoms with Crippen molar-refractivity contribution in [3.8, 4) is 0 Å². The Labute approximate surface area is 98.2 Å². The molecule has 0 aromatic rings. The third-order valence-corrected chi connectivity index (χ3v) is 5.38. The van der Waals surface area contributed by atoms with Crippen LogP contribution in [0.25, 0.3) is 0 Å². The Morgan fingerprint density at radius 1 is 1.12 bits per heavy atom. The van der Waals surface area contributed by atoms with E-state index in [4.69, 9.17) is 0 Å². The molecule has 0 spiro atoms. The second kappa shape index (κ2) is 5.02. The lowest BCUT2D eigenvalue weighted by atomic mass is 10.3. The van der Waals surface area contributed by atoms with Gasteiger partial charge in [-0.3, -0.25) is 0 Å². The maximum atomic E-state index is 12.0. The SMILES string of the molecule is CC(CNC1CC1)S(=O)(=O)NC1CCCC1. The fraction of sp³-hybridized carbons (Fsp3) is 1.00. The first-order valence-electron chi connectivity index (χ1n) is 6.32. The monoisotopic (exact) mass is 246 g/mol. The lowest BCUT2D eigenvalue weighted by Crippen LogP contribution is -2.43. The van der Waals surface area contributed by atoms with Crippen molar-refractivity contribution in [3.05, 3.63) is 0 Å². The van der Waals surface area contributed by atoms with Gasteiger partial charge in [0.15, 0.2) is 0 Å². The molecule has 5 heteroatoms. The van der Waals surface area contributed by atoms with Crippen molar-refractivity contribution < 1.29 is 8.42 Å². The van der Waals surface area contributed by atoms with E-state index in [1.165, 1.54) is 12.8 Å². The van der Waals surface area contributed by atoms with Crippen LogP contribution < -0.4 is 10.0 Å². The first-order chi connectivity index (χ1) is 7.58. The van der Waals surface area contributed by atoms with Crippen molar-refractivity contribution in [2.75, 3.05) is 6.54 Å². The van der Waals surface area contributed by atoms with Crippen LogP contribution in [0.3, 0.4) is 0 Å². The number of rotatable bonds is 6. The Balaban J connectivity index is 1.78. The van der Waals surface area contributed by atoms with Crippen LogP contribution in [0.5, 0.6) is 0 Å². The summed E-state index contributed by atoms with van der Waals surface area (Å²) in [5, 5.41) is 2.94. The van der Waals surface area contributed by atoms with Gasteiger partial charge in [0, 0.05) is 18.6 Å². The molecule has 0 saturated heterocycles. The molecule has 2 fully saturated rings. The smallest absolute Gasteiger partial charge is 0.215 e. The molecule has 2 rings (SSSR count). The summed E-state index contributed by atoms with van der Waals surface area (Å²) in [7, 11) is -3.12. The van der Waals surface area contributed by atoms with Crippen LogP contribution in [0.1, 0.15) is 45.4 Å². The molecule has 0 aromatic heterocycles. The summed E-state index contributed by atoms with van der Waals surface area (Å²) in [5.74, 6) is 0. The fourth-order valence-electron chi connectivity index (χ4n) is 2.12. The number of nitrogens with one attached hydrogen (secondary N) is 2. The van der Waals surface area contributed by atoms with Crippen molar-refractivity contribution in [2.24, 2.45) is 0 Å². The predicted octanol–water partition coefficient (Wildman–Crippen LogP) is 0.989. The molecular formula is C11H22N2O2S. The van der Waals surface area contributed by atoms with Crippen LogP contribution in [0.2, 0.25) is 0 Å². The van der Waals surface area contributed by atoms with E-state index in [2.05, 4.69) is 10.0 Å². The van der Waals surface area contributed by atoms with Gasteiger partial charge in [-0.2, -0.15) is 0 Å². The quantitative estimate of drug-likeness (QED) is 0.735. The van der Waals surface area contributed by atoms with Crippen molar-refractivity contribution in [1.82, 2.24) is 10.0 Å². The Morgan fingerprint density at radius 3 is 2.31 bits per heavy atom. The minimum Gasteiger partial charge on any atom is -0.313 e. The van der Waals surface area contributed by atoms with Crippen molar-refractivity contribution in [1.29, 1.82) is 0 Å². The molecule has 0 aliphatic heterocycles. The van der Waals surface area contributed by atoms with E-state index in [1.54, 1.807) is 6.92 Å². The second-order valence-electron chi connectivity index (χ2n) is 5.14. The predicted molar refractivity (Wildman–Crippen MR) is 64.8 cm³/mol. The first-order valence-corrected chi connectivity index (χ1v) is 7.87. The van der Waals surface area contributed by atoms with E-state index in [9.17, 15) is 8.42 Å². The average molecular weight is 246 g/mol. The minimum absolute atomic E-state index is 0.188. The van der Waals surface area contributed by atoms with Crippen LogP contribution in [-0.4, -0.2) is 32.3 Å². The molecule has 0 bridgehead atoms. The first kappa shape index (κ1) is 12.3. The van der Waals surface area contributed by atoms with E-state index in [0.717, 1.165) is 25.7 Å². The molecule has 1 unspecified atom stereocenters. The van der Waals surface area contributed by atoms with Crippen molar-refractivity contribution >= 4 is 10.0 Å². The third kappa shape index (κ3) is 3.43. The Kier molecular flexibility index (Phi) is 3.87. The van der Waals surface area contributed by atoms with Gasteiger partial charge in [0.25, 0.3) is 0 Å². The highest BCUT2D eigenvalue weighted by atomic mass is 32.2. The van der Waals surface area contributed by atoms with Crippen molar-refractivity contribution in [2.45, 2.75) is 62.8 Å². The Bertz CT molecular complexity index is 319. The van der Waals surface area contributed by atoms with Gasteiger partial charge in [-0.05, 0) is 32.6 Å². The molecule has 1 atom stereocenters. The lowest BCUT2D eigenvalue weighted by molar-refractivity contribution is 0.533. The van der Waals surface area contributed by atoms with Gasteiger partial charge in [0.05, 0.1) is 5.25 Å². The molecule has 2 aliphatic carbocycles. The maximum Gasteiger partial charge on any atom is 0.215 e. The fourth-order valence-corrected chi connectivity index (χ4v) is 3.37. The van der Waals surface area contributed by atoms with Gasteiger partial charge in [-0.15, -0.1) is 0 Å². The summed E-state index contributed by atoms with van der Waals surface area (Å²) >= 11 is 0. The highest BCUT2D eigenvalue weighted by Gasteiger charge is 2.28. The minimum atomic E-state index is -3.12. The molecule has 4 nitrogen and oxygen atoms in total. The molecule has 2 saturated carbocycles. The highest BCUT2D eigenvalue weighted by molar-refractivity contribution is 7.90. The van der Waals surface area contributed by atoms with Gasteiger partial charge >= 0.3 is 0 Å². The van der Waals surface area contributed by atoms with Gasteiger partial charge < -0.3 is 5.32 Å². The Hall–Kier alpha value is -0.130. The molecule has 2 aliphatic rings. The highest BCUT2D eigenvalue weighted by Crippen LogP contribution is 2.20. The van der Waals surface area contributed by atoms with Crippen LogP contribution >= 0.6 is 0 Å². The zero-order valence-corrected chi connectivity index (χ0v) is 10.7. The lowest BCUT2D eigenvalue weighted by Gasteiger charge is -2.18. The summed E-state index contributed by atoms with van der Waals surface area (Å²) in [6.45, 7) is 2.36. The van der Waals surface area contributed by atoms with Gasteiger partial charge in [0.1, 0.15) is 0 Å². The summed E-state index contributed by atoms with van der Waals surface area (Å²) in [6, 6.07) is 0.762. The summed E-state index contributed by atoms with van der Waals surface area (Å²) in [4.78, 5) is 0. The van der Waals surface area contributed by atoms with E-state index >= 15 is 0 Å². The van der Waals surface area contributed by atoms with E-state index in [1.807, 2.05) is 0 Å². The summed E-state index contributed by atoms with van der Waals surface area (Å²) in [6.07, 6.45) is 6.71. The van der Waals surface area contributed by atoms with E-state index in [-0.39, 0.29) is 11.3 Å². The zero-order valence-electron chi connectivity index (χ0n) is 9.91. The number of hydrogen-bond donors (Lipinski definition) is 2. The molecule has 0 radical (unpaired) electrons. The van der Waals surface area contributed by atoms with Crippen molar-refractivity contribution in [3.63, 3.8) is 0 Å². The molecule has 16 heavy (non-hydrogen) atoms. The van der Waals surface area contributed by atoms with Crippen LogP contribution in [0.4, 0.5) is 0 Å². The molecule has 0 aromatic carbocycles. The summed E-state index contributed by atoms with van der Waals surface area (Å²) < 4.78 is 26.8. The second-order valence-corrected chi connectivity index (χ2v) is 7.27. The molecule has 0 heterocycles. The van der Waals surface area contributed by atoms with Crippen LogP contribution in [-0.2, 0) is 10.0 Å². The topological polar surface area (TPSA) is 58.2 Å². The maximum absolute atomic E-state index is 12.0. The average Bonchev–Trinajstić information content (AvgIpc) is 2.93. The van der Waals surface area contributed by atoms with Crippen LogP contribution in [0.15, 0.2) is 0 Å². The molecule has 0 amide bonds. The zero-order chi connectivity index (χ0) is 11.6. The van der Waals surface area contributed by atoms with Gasteiger partial charge in [-0.25, -0.2) is 13.1 Å². The number of sulfonamides is 1. The standard InChI is InChI=1S/C11H22N2O2S/c1-9(8-12-10-6-7-10)16(14,15)13-11-4-2-3-5-11/h9-13H,2-8H2,1H3. The van der Waals surface area contributed by atoms with E-state index in [0.29, 0.717) is 12.6 Å². The Morgan fingerprint density at radius 2 is 1.75 bits per heavy atom. The molecule has 94 valence electrons. The van der Waals surface area contributed by atoms with Crippen LogP contribution in [0, 0.1) is 0 Å². The number of hydrogen-bond acceptors (Lipinski definition) is 3. The van der Waals surface area contributed by atoms with Gasteiger partial charge in [0.2, 0.25) is 10.0 Å². The van der Waals surface area contributed by atoms with Gasteiger partial charge in [-0.1, -0.05) is 12.8 Å². The normalized spacial score (nSPS) is 24.8. The molecular weight excluding hydrogens is 224 g/mol. The summed E-state index contributed by atoms with van der Waals surface area (Å²) in [5.41, 5.74) is 0. The van der Waals surface area contributed by atoms with E-state index < -0.39 is 10.0 Å².